The Labute approximate surface area is 204 Å². The van der Waals surface area contributed by atoms with Crippen LogP contribution in [0, 0.1) is 0 Å². The van der Waals surface area contributed by atoms with Crippen LogP contribution in [0.3, 0.4) is 0 Å². The molecule has 33 heavy (non-hydrogen) atoms. The van der Waals surface area contributed by atoms with E-state index in [4.69, 9.17) is 38.7 Å². The predicted molar refractivity (Wildman–Crippen MR) is 136 cm³/mol. The number of nitrogens with two attached hydrogens (primary N) is 1. The molecule has 1 aliphatic heterocycles. The number of ether oxygens (including phenoxy) is 1. The number of carbonyl (C=O) groups excluding carboxylic acids is 1. The third-order valence-electron chi connectivity index (χ3n) is 6.08. The largest absolute Gasteiger partial charge is 0.462 e. The van der Waals surface area contributed by atoms with Crippen LogP contribution in [0.5, 0.6) is 5.75 Å². The number of anilines is 1. The molecule has 4 rings (SSSR count). The van der Waals surface area contributed by atoms with Crippen molar-refractivity contribution >= 4 is 46.2 Å². The van der Waals surface area contributed by atoms with Gasteiger partial charge in [0.05, 0.1) is 33.7 Å². The van der Waals surface area contributed by atoms with E-state index in [9.17, 15) is 4.79 Å². The van der Waals surface area contributed by atoms with Gasteiger partial charge < -0.3 is 15.4 Å². The van der Waals surface area contributed by atoms with Crippen molar-refractivity contribution in [2.45, 2.75) is 45.6 Å². The third-order valence-corrected chi connectivity index (χ3v) is 6.82. The van der Waals surface area contributed by atoms with Crippen LogP contribution in [-0.2, 0) is 0 Å². The van der Waals surface area contributed by atoms with Crippen molar-refractivity contribution in [2.75, 3.05) is 11.4 Å². The van der Waals surface area contributed by atoms with Crippen LogP contribution < -0.4 is 15.4 Å². The molecule has 1 fully saturated rings. The normalized spacial score (nSPS) is 17.1. The first-order chi connectivity index (χ1) is 15.9. The first kappa shape index (κ1) is 23.4. The zero-order valence-corrected chi connectivity index (χ0v) is 20.3. The van der Waals surface area contributed by atoms with E-state index >= 15 is 0 Å². The fraction of sp³-hybridized carbons (Fsp3) is 0.308. The van der Waals surface area contributed by atoms with Crippen LogP contribution in [0.1, 0.15) is 49.9 Å². The maximum absolute atomic E-state index is 11.8. The van der Waals surface area contributed by atoms with Gasteiger partial charge in [0.2, 0.25) is 5.91 Å². The fourth-order valence-electron chi connectivity index (χ4n) is 4.44. The number of nitrogens with zero attached hydrogens (tertiary/aromatic N) is 2. The highest BCUT2D eigenvalue weighted by atomic mass is 35.5. The molecule has 1 amide bonds. The molecule has 2 aromatic carbocycles. The van der Waals surface area contributed by atoms with Gasteiger partial charge in [-0.1, -0.05) is 42.1 Å². The lowest BCUT2D eigenvalue weighted by atomic mass is 10.0. The molecule has 1 heterocycles. The number of rotatable bonds is 6. The van der Waals surface area contributed by atoms with E-state index < -0.39 is 5.91 Å². The van der Waals surface area contributed by atoms with Gasteiger partial charge in [-0.05, 0) is 68.7 Å². The Morgan fingerprint density at radius 3 is 2.58 bits per heavy atom. The summed E-state index contributed by atoms with van der Waals surface area (Å²) < 4.78 is 5.97. The van der Waals surface area contributed by atoms with Crippen molar-refractivity contribution in [2.24, 2.45) is 10.7 Å². The number of fused-ring (bicyclic) bond motifs is 1. The summed E-state index contributed by atoms with van der Waals surface area (Å²) in [5, 5.41) is 0.927. The van der Waals surface area contributed by atoms with E-state index in [1.807, 2.05) is 32.1 Å². The average Bonchev–Trinajstić information content (AvgIpc) is 3.33. The smallest absolute Gasteiger partial charge is 0.248 e. The van der Waals surface area contributed by atoms with Crippen molar-refractivity contribution < 1.29 is 9.53 Å². The maximum atomic E-state index is 11.8. The standard InChI is InChI=1S/C26H27Cl2N3O2/c1-3-17(12-16(2)33-20-9-10-21(27)22(28)14-20)24-15-31(19-6-4-5-7-19)25-11-8-18(26(29)32)13-23(25)30-24/h3,8-14,19H,4-7,15H2,1-2H3,(H2,29,32)/b16-12+,17-3+. The Kier molecular flexibility index (Phi) is 7.11. The van der Waals surface area contributed by atoms with Gasteiger partial charge >= 0.3 is 0 Å². The van der Waals surface area contributed by atoms with Gasteiger partial charge in [-0.2, -0.15) is 0 Å². The molecule has 5 nitrogen and oxygen atoms in total. The molecule has 172 valence electrons. The number of primary amides is 1. The summed E-state index contributed by atoms with van der Waals surface area (Å²) in [6, 6.07) is 11.2. The molecule has 7 heteroatoms. The predicted octanol–water partition coefficient (Wildman–Crippen LogP) is 6.86. The highest BCUT2D eigenvalue weighted by Gasteiger charge is 2.29. The molecule has 1 saturated carbocycles. The number of hydrogen-bond donors (Lipinski definition) is 1. The number of benzene rings is 2. The third kappa shape index (κ3) is 5.26. The highest BCUT2D eigenvalue weighted by Crippen LogP contribution is 2.39. The molecule has 0 spiro atoms. The molecule has 1 aliphatic carbocycles. The van der Waals surface area contributed by atoms with Crippen LogP contribution in [0.15, 0.2) is 64.9 Å². The number of hydrogen-bond acceptors (Lipinski definition) is 4. The Bertz CT molecular complexity index is 1160. The summed E-state index contributed by atoms with van der Waals surface area (Å²) in [6.07, 6.45) is 8.77. The molecule has 0 bridgehead atoms. The number of carbonyl (C=O) groups is 1. The zero-order chi connectivity index (χ0) is 23.5. The van der Waals surface area contributed by atoms with Gasteiger partial charge in [-0.15, -0.1) is 0 Å². The maximum Gasteiger partial charge on any atom is 0.248 e. The minimum Gasteiger partial charge on any atom is -0.462 e. The summed E-state index contributed by atoms with van der Waals surface area (Å²) in [4.78, 5) is 19.1. The van der Waals surface area contributed by atoms with Gasteiger partial charge in [0.25, 0.3) is 0 Å². The zero-order valence-electron chi connectivity index (χ0n) is 18.8. The minimum absolute atomic E-state index is 0.443. The summed E-state index contributed by atoms with van der Waals surface area (Å²) in [6.45, 7) is 4.57. The number of allylic oxidation sites excluding steroid dienone is 3. The number of halogens is 2. The van der Waals surface area contributed by atoms with E-state index in [1.165, 1.54) is 12.8 Å². The second-order valence-electron chi connectivity index (χ2n) is 8.37. The van der Waals surface area contributed by atoms with Crippen LogP contribution in [0.4, 0.5) is 11.4 Å². The summed E-state index contributed by atoms with van der Waals surface area (Å²) in [5.74, 6) is 0.862. The van der Waals surface area contributed by atoms with Crippen molar-refractivity contribution in [3.63, 3.8) is 0 Å². The second kappa shape index (κ2) is 10.0. The van der Waals surface area contributed by atoms with Crippen LogP contribution >= 0.6 is 23.2 Å². The number of amides is 1. The van der Waals surface area contributed by atoms with Crippen molar-refractivity contribution in [3.8, 4) is 5.75 Å². The van der Waals surface area contributed by atoms with E-state index in [0.717, 1.165) is 35.5 Å². The van der Waals surface area contributed by atoms with Gasteiger partial charge in [0.15, 0.2) is 0 Å². The first-order valence-corrected chi connectivity index (χ1v) is 11.9. The summed E-state index contributed by atoms with van der Waals surface area (Å²) in [7, 11) is 0. The lowest BCUT2D eigenvalue weighted by Gasteiger charge is -2.36. The Balaban J connectivity index is 1.66. The van der Waals surface area contributed by atoms with Crippen molar-refractivity contribution in [1.29, 1.82) is 0 Å². The summed E-state index contributed by atoms with van der Waals surface area (Å²) in [5.41, 5.74) is 9.71. The molecule has 0 aromatic heterocycles. The van der Waals surface area contributed by atoms with Crippen LogP contribution in [0.25, 0.3) is 0 Å². The molecule has 2 N–H and O–H groups in total. The average molecular weight is 484 g/mol. The van der Waals surface area contributed by atoms with E-state index in [2.05, 4.69) is 4.90 Å². The van der Waals surface area contributed by atoms with Gasteiger partial charge in [0, 0.05) is 17.7 Å². The molecule has 0 atom stereocenters. The molecule has 0 radical (unpaired) electrons. The van der Waals surface area contributed by atoms with Crippen LogP contribution in [-0.4, -0.2) is 24.2 Å². The molecule has 0 saturated heterocycles. The first-order valence-electron chi connectivity index (χ1n) is 11.1. The quantitative estimate of drug-likeness (QED) is 0.360. The molecular formula is C26H27Cl2N3O2. The van der Waals surface area contributed by atoms with Gasteiger partial charge in [-0.3, -0.25) is 4.79 Å². The molecule has 2 aliphatic rings. The second-order valence-corrected chi connectivity index (χ2v) is 9.18. The summed E-state index contributed by atoms with van der Waals surface area (Å²) >= 11 is 12.1. The van der Waals surface area contributed by atoms with Crippen LogP contribution in [0.2, 0.25) is 10.0 Å². The SMILES string of the molecule is C/C=C(\C=C(/C)Oc1ccc(Cl)c(Cl)c1)C1=Nc2cc(C(N)=O)ccc2N(C2CCCC2)C1. The monoisotopic (exact) mass is 483 g/mol. The van der Waals surface area contributed by atoms with Crippen molar-refractivity contribution in [3.05, 3.63) is 75.5 Å². The van der Waals surface area contributed by atoms with E-state index in [1.54, 1.807) is 30.3 Å². The van der Waals surface area contributed by atoms with Crippen molar-refractivity contribution in [1.82, 2.24) is 0 Å². The lowest BCUT2D eigenvalue weighted by Crippen LogP contribution is -2.40. The lowest BCUT2D eigenvalue weighted by molar-refractivity contribution is 0.100. The molecular weight excluding hydrogens is 457 g/mol. The Hall–Kier alpha value is -2.76. The molecule has 0 unspecified atom stereocenters. The van der Waals surface area contributed by atoms with E-state index in [0.29, 0.717) is 39.7 Å². The Morgan fingerprint density at radius 1 is 1.15 bits per heavy atom. The van der Waals surface area contributed by atoms with Gasteiger partial charge in [0.1, 0.15) is 11.5 Å². The van der Waals surface area contributed by atoms with E-state index in [-0.39, 0.29) is 0 Å². The number of aliphatic imine (C=N–C) groups is 1. The highest BCUT2D eigenvalue weighted by molar-refractivity contribution is 6.42. The minimum atomic E-state index is -0.454. The van der Waals surface area contributed by atoms with Gasteiger partial charge in [-0.25, -0.2) is 4.99 Å². The Morgan fingerprint density at radius 2 is 1.91 bits per heavy atom. The molecule has 2 aromatic rings. The fourth-order valence-corrected chi connectivity index (χ4v) is 4.73. The topological polar surface area (TPSA) is 67.9 Å².